The number of nitrogens with two attached hydrogens (primary N) is 1. The number of carbonyl (C=O) groups excluding carboxylic acids is 2. The Morgan fingerprint density at radius 3 is 2.60 bits per heavy atom. The average molecular weight is 450 g/mol. The van der Waals surface area contributed by atoms with E-state index in [0.29, 0.717) is 10.9 Å². The van der Waals surface area contributed by atoms with E-state index in [9.17, 15) is 9.59 Å². The van der Waals surface area contributed by atoms with Gasteiger partial charge in [0.15, 0.2) is 0 Å². The van der Waals surface area contributed by atoms with E-state index in [2.05, 4.69) is 20.8 Å². The fourth-order valence-corrected chi connectivity index (χ4v) is 3.30. The molecule has 0 aliphatic heterocycles. The monoisotopic (exact) mass is 449 g/mol. The molecule has 30 heavy (non-hydrogen) atoms. The minimum absolute atomic E-state index is 0.00311. The molecule has 0 aliphatic carbocycles. The van der Waals surface area contributed by atoms with Crippen molar-refractivity contribution in [3.63, 3.8) is 0 Å². The van der Waals surface area contributed by atoms with Crippen LogP contribution in [0.25, 0.3) is 10.9 Å². The molecule has 0 unspecified atom stereocenters. The van der Waals surface area contributed by atoms with Crippen LogP contribution in [0.1, 0.15) is 27.6 Å². The van der Waals surface area contributed by atoms with Gasteiger partial charge in [-0.15, -0.1) is 0 Å². The smallest absolute Gasteiger partial charge is 0.276 e. The molecule has 3 rings (SSSR count). The minimum atomic E-state index is -0.627. The van der Waals surface area contributed by atoms with Gasteiger partial charge >= 0.3 is 0 Å². The topological polar surface area (TPSA) is 128 Å². The van der Waals surface area contributed by atoms with Crippen LogP contribution in [0.15, 0.2) is 30.6 Å². The van der Waals surface area contributed by atoms with Gasteiger partial charge in [0.2, 0.25) is 0 Å². The van der Waals surface area contributed by atoms with E-state index >= 15 is 0 Å². The molecule has 1 heterocycles. The summed E-state index contributed by atoms with van der Waals surface area (Å²) in [5.41, 5.74) is 8.68. The van der Waals surface area contributed by atoms with Gasteiger partial charge in [0.05, 0.1) is 41.1 Å². The Morgan fingerprint density at radius 1 is 1.13 bits per heavy atom. The Morgan fingerprint density at radius 2 is 1.90 bits per heavy atom. The van der Waals surface area contributed by atoms with Crippen LogP contribution in [0.4, 0.5) is 11.5 Å². The number of rotatable bonds is 6. The molecule has 2 amide bonds. The van der Waals surface area contributed by atoms with Gasteiger partial charge in [-0.25, -0.2) is 15.4 Å². The van der Waals surface area contributed by atoms with E-state index < -0.39 is 11.8 Å². The van der Waals surface area contributed by atoms with Crippen LogP contribution in [0.5, 0.6) is 5.75 Å². The fraction of sp³-hybridized carbons (Fsp3) is 0.158. The molecule has 11 heteroatoms. The lowest BCUT2D eigenvalue weighted by Crippen LogP contribution is -2.24. The SMILES string of the molecule is CCONC(=O)c1cc(OC)c(Cl)c(NC(=O)c2cccc3c(N)ncnc23)c1Cl. The summed E-state index contributed by atoms with van der Waals surface area (Å²) in [5, 5.41) is 3.09. The van der Waals surface area contributed by atoms with Crippen molar-refractivity contribution in [1.29, 1.82) is 0 Å². The van der Waals surface area contributed by atoms with Gasteiger partial charge in [-0.2, -0.15) is 0 Å². The van der Waals surface area contributed by atoms with Gasteiger partial charge < -0.3 is 15.8 Å². The summed E-state index contributed by atoms with van der Waals surface area (Å²) in [4.78, 5) is 38.3. The molecule has 0 saturated carbocycles. The number of fused-ring (bicyclic) bond motifs is 1. The van der Waals surface area contributed by atoms with Crippen LogP contribution in [0.2, 0.25) is 10.0 Å². The number of anilines is 2. The van der Waals surface area contributed by atoms with Crippen molar-refractivity contribution in [2.45, 2.75) is 6.92 Å². The number of nitrogens with one attached hydrogen (secondary N) is 2. The third kappa shape index (κ3) is 4.09. The van der Waals surface area contributed by atoms with Gasteiger partial charge in [-0.1, -0.05) is 29.3 Å². The summed E-state index contributed by atoms with van der Waals surface area (Å²) in [6.07, 6.45) is 1.26. The van der Waals surface area contributed by atoms with Crippen LogP contribution in [-0.2, 0) is 4.84 Å². The molecule has 3 aromatic rings. The zero-order valence-corrected chi connectivity index (χ0v) is 17.5. The molecule has 0 atom stereocenters. The van der Waals surface area contributed by atoms with Gasteiger partial charge in [-0.05, 0) is 25.1 Å². The lowest BCUT2D eigenvalue weighted by Gasteiger charge is -2.16. The Balaban J connectivity index is 2.05. The molecule has 156 valence electrons. The van der Waals surface area contributed by atoms with Crippen molar-refractivity contribution in [2.75, 3.05) is 24.8 Å². The fourth-order valence-electron chi connectivity index (χ4n) is 2.70. The predicted octanol–water partition coefficient (Wildman–Crippen LogP) is 3.46. The van der Waals surface area contributed by atoms with Crippen LogP contribution in [0.3, 0.4) is 0 Å². The molecule has 0 bridgehead atoms. The maximum atomic E-state index is 13.0. The van der Waals surface area contributed by atoms with E-state index in [0.717, 1.165) is 0 Å². The molecular weight excluding hydrogens is 433 g/mol. The van der Waals surface area contributed by atoms with Crippen LogP contribution < -0.4 is 21.3 Å². The Bertz CT molecular complexity index is 1140. The molecule has 4 N–H and O–H groups in total. The predicted molar refractivity (Wildman–Crippen MR) is 114 cm³/mol. The number of aromatic nitrogens is 2. The number of nitrogens with zero attached hydrogens (tertiary/aromatic N) is 2. The normalized spacial score (nSPS) is 10.7. The number of carbonyl (C=O) groups is 2. The second-order valence-corrected chi connectivity index (χ2v) is 6.66. The average Bonchev–Trinajstić information content (AvgIpc) is 2.75. The molecule has 0 fully saturated rings. The van der Waals surface area contributed by atoms with E-state index in [1.165, 1.54) is 19.5 Å². The van der Waals surface area contributed by atoms with Crippen LogP contribution in [-0.4, -0.2) is 35.5 Å². The summed E-state index contributed by atoms with van der Waals surface area (Å²) in [6, 6.07) is 6.26. The van der Waals surface area contributed by atoms with Gasteiger partial charge in [0.1, 0.15) is 22.9 Å². The summed E-state index contributed by atoms with van der Waals surface area (Å²) in [6.45, 7) is 1.96. The molecule has 0 spiro atoms. The summed E-state index contributed by atoms with van der Waals surface area (Å²) in [5.74, 6) is -0.811. The Kier molecular flexibility index (Phi) is 6.56. The second kappa shape index (κ2) is 9.12. The number of methoxy groups -OCH3 is 1. The maximum Gasteiger partial charge on any atom is 0.276 e. The lowest BCUT2D eigenvalue weighted by molar-refractivity contribution is 0.0364. The van der Waals surface area contributed by atoms with E-state index in [4.69, 9.17) is 38.5 Å². The summed E-state index contributed by atoms with van der Waals surface area (Å²) < 4.78 is 5.21. The highest BCUT2D eigenvalue weighted by Crippen LogP contribution is 2.41. The van der Waals surface area contributed by atoms with E-state index in [1.54, 1.807) is 25.1 Å². The lowest BCUT2D eigenvalue weighted by atomic mass is 10.1. The van der Waals surface area contributed by atoms with E-state index in [-0.39, 0.29) is 45.0 Å². The zero-order chi connectivity index (χ0) is 21.8. The van der Waals surface area contributed by atoms with Crippen molar-refractivity contribution in [3.8, 4) is 5.75 Å². The van der Waals surface area contributed by atoms with E-state index in [1.807, 2.05) is 0 Å². The van der Waals surface area contributed by atoms with Crippen molar-refractivity contribution in [1.82, 2.24) is 15.4 Å². The number of halogens is 2. The van der Waals surface area contributed by atoms with Crippen LogP contribution >= 0.6 is 23.2 Å². The minimum Gasteiger partial charge on any atom is -0.495 e. The second-order valence-electron chi connectivity index (χ2n) is 5.91. The standard InChI is InChI=1S/C19H17Cl2N5O4/c1-3-30-26-19(28)11-7-12(29-2)14(21)16(13(11)20)25-18(27)10-6-4-5-9-15(10)23-8-24-17(9)22/h4-8H,3H2,1-2H3,(H,25,27)(H,26,28)(H2,22,23,24). The number of nitrogen functional groups attached to an aromatic ring is 1. The highest BCUT2D eigenvalue weighted by Gasteiger charge is 2.23. The molecular formula is C19H17Cl2N5O4. The van der Waals surface area contributed by atoms with Crippen molar-refractivity contribution in [2.24, 2.45) is 0 Å². The number of hydrogen-bond donors (Lipinski definition) is 3. The summed E-state index contributed by atoms with van der Waals surface area (Å²) in [7, 11) is 1.37. The third-order valence-corrected chi connectivity index (χ3v) is 4.89. The van der Waals surface area contributed by atoms with Crippen LogP contribution in [0, 0.1) is 0 Å². The first kappa shape index (κ1) is 21.6. The van der Waals surface area contributed by atoms with Crippen molar-refractivity contribution < 1.29 is 19.2 Å². The number of amides is 2. The third-order valence-electron chi connectivity index (χ3n) is 4.12. The number of ether oxygens (including phenoxy) is 1. The van der Waals surface area contributed by atoms with Gasteiger partial charge in [0.25, 0.3) is 11.8 Å². The first-order valence-electron chi connectivity index (χ1n) is 8.67. The van der Waals surface area contributed by atoms with Gasteiger partial charge in [0, 0.05) is 5.39 Å². The first-order chi connectivity index (χ1) is 14.4. The quantitative estimate of drug-likeness (QED) is 0.491. The summed E-state index contributed by atoms with van der Waals surface area (Å²) >= 11 is 12.7. The maximum absolute atomic E-state index is 13.0. The highest BCUT2D eigenvalue weighted by molar-refractivity contribution is 6.43. The molecule has 1 aromatic heterocycles. The zero-order valence-electron chi connectivity index (χ0n) is 16.0. The number of hydroxylamine groups is 1. The number of para-hydroxylation sites is 1. The largest absolute Gasteiger partial charge is 0.495 e. The Labute approximate surface area is 181 Å². The molecule has 0 saturated heterocycles. The van der Waals surface area contributed by atoms with Crippen molar-refractivity contribution >= 4 is 57.4 Å². The Hall–Kier alpha value is -3.14. The molecule has 0 radical (unpaired) electrons. The first-order valence-corrected chi connectivity index (χ1v) is 9.43. The molecule has 0 aliphatic rings. The number of benzene rings is 2. The molecule has 2 aromatic carbocycles. The van der Waals surface area contributed by atoms with Gasteiger partial charge in [-0.3, -0.25) is 14.4 Å². The van der Waals surface area contributed by atoms with Crippen molar-refractivity contribution in [3.05, 3.63) is 51.8 Å². The highest BCUT2D eigenvalue weighted by atomic mass is 35.5. The number of hydrogen-bond acceptors (Lipinski definition) is 7. The molecule has 9 nitrogen and oxygen atoms in total.